The van der Waals surface area contributed by atoms with Crippen molar-refractivity contribution in [2.75, 3.05) is 6.54 Å². The summed E-state index contributed by atoms with van der Waals surface area (Å²) in [6, 6.07) is 0.534. The number of nitrogens with one attached hydrogen (secondary N) is 1. The second-order valence-corrected chi connectivity index (χ2v) is 5.90. The first-order valence-electron chi connectivity index (χ1n) is 7.51. The zero-order chi connectivity index (χ0) is 12.8. The van der Waals surface area contributed by atoms with E-state index in [9.17, 15) is 0 Å². The van der Waals surface area contributed by atoms with Gasteiger partial charge in [0.15, 0.2) is 0 Å². The summed E-state index contributed by atoms with van der Waals surface area (Å²) < 4.78 is 2.35. The van der Waals surface area contributed by atoms with Gasteiger partial charge in [0.05, 0.1) is 12.0 Å². The van der Waals surface area contributed by atoms with E-state index in [1.54, 1.807) is 0 Å². The molecule has 0 radical (unpaired) electrons. The molecule has 1 aromatic heterocycles. The lowest BCUT2D eigenvalue weighted by Gasteiger charge is -2.24. The molecule has 0 amide bonds. The molecule has 1 aliphatic rings. The number of unbranched alkanes of at least 4 members (excludes halogenated alkanes) is 1. The van der Waals surface area contributed by atoms with E-state index in [1.165, 1.54) is 44.2 Å². The fourth-order valence-corrected chi connectivity index (χ4v) is 2.75. The number of hydrogen-bond acceptors (Lipinski definition) is 2. The first-order chi connectivity index (χ1) is 8.77. The minimum atomic E-state index is 0.534. The Morgan fingerprint density at radius 1 is 1.39 bits per heavy atom. The molecule has 2 heterocycles. The van der Waals surface area contributed by atoms with E-state index in [0.29, 0.717) is 6.04 Å². The zero-order valence-corrected chi connectivity index (χ0v) is 11.9. The van der Waals surface area contributed by atoms with Crippen LogP contribution in [-0.2, 0) is 6.54 Å². The molecule has 1 saturated heterocycles. The quantitative estimate of drug-likeness (QED) is 0.782. The van der Waals surface area contributed by atoms with Crippen molar-refractivity contribution in [3.8, 4) is 0 Å². The van der Waals surface area contributed by atoms with Gasteiger partial charge < -0.3 is 9.88 Å². The Bertz CT molecular complexity index is 337. The summed E-state index contributed by atoms with van der Waals surface area (Å²) >= 11 is 0. The predicted octanol–water partition coefficient (Wildman–Crippen LogP) is 3.52. The molecule has 3 nitrogen and oxygen atoms in total. The molecule has 2 rings (SSSR count). The average Bonchev–Trinajstić information content (AvgIpc) is 2.84. The van der Waals surface area contributed by atoms with E-state index in [0.717, 1.165) is 19.0 Å². The SMILES string of the molecule is CC(C)CCCCn1cncc1C1CCCCN1. The van der Waals surface area contributed by atoms with Crippen molar-refractivity contribution in [2.24, 2.45) is 5.92 Å². The van der Waals surface area contributed by atoms with Crippen molar-refractivity contribution in [2.45, 2.75) is 65.0 Å². The maximum atomic E-state index is 4.33. The third-order valence-electron chi connectivity index (χ3n) is 3.84. The smallest absolute Gasteiger partial charge is 0.0948 e. The normalized spacial score (nSPS) is 20.5. The maximum Gasteiger partial charge on any atom is 0.0948 e. The minimum Gasteiger partial charge on any atom is -0.333 e. The molecule has 1 fully saturated rings. The van der Waals surface area contributed by atoms with E-state index in [1.807, 2.05) is 12.5 Å². The summed E-state index contributed by atoms with van der Waals surface area (Å²) in [5, 5.41) is 3.61. The highest BCUT2D eigenvalue weighted by Gasteiger charge is 2.17. The Morgan fingerprint density at radius 3 is 3.00 bits per heavy atom. The monoisotopic (exact) mass is 249 g/mol. The minimum absolute atomic E-state index is 0.534. The molecule has 0 spiro atoms. The highest BCUT2D eigenvalue weighted by Crippen LogP contribution is 2.23. The molecule has 0 bridgehead atoms. The molecular formula is C15H27N3. The van der Waals surface area contributed by atoms with Gasteiger partial charge in [-0.15, -0.1) is 0 Å². The van der Waals surface area contributed by atoms with Crippen LogP contribution in [0.4, 0.5) is 0 Å². The number of aromatic nitrogens is 2. The Morgan fingerprint density at radius 2 is 2.28 bits per heavy atom. The fraction of sp³-hybridized carbons (Fsp3) is 0.800. The van der Waals surface area contributed by atoms with Gasteiger partial charge in [-0.05, 0) is 31.7 Å². The standard InChI is InChI=1S/C15H27N3/c1-13(2)7-4-6-10-18-12-16-11-15(18)14-8-3-5-9-17-14/h11-14,17H,3-10H2,1-2H3. The molecule has 18 heavy (non-hydrogen) atoms. The molecular weight excluding hydrogens is 222 g/mol. The van der Waals surface area contributed by atoms with Gasteiger partial charge in [-0.1, -0.05) is 33.1 Å². The van der Waals surface area contributed by atoms with Gasteiger partial charge in [-0.25, -0.2) is 4.98 Å². The van der Waals surface area contributed by atoms with Gasteiger partial charge in [-0.3, -0.25) is 0 Å². The van der Waals surface area contributed by atoms with Crippen molar-refractivity contribution in [3.63, 3.8) is 0 Å². The molecule has 1 N–H and O–H groups in total. The first kappa shape index (κ1) is 13.6. The van der Waals surface area contributed by atoms with Crippen molar-refractivity contribution in [3.05, 3.63) is 18.2 Å². The Kier molecular flexibility index (Phi) is 5.24. The number of hydrogen-bond donors (Lipinski definition) is 1. The molecule has 1 unspecified atom stereocenters. The summed E-state index contributed by atoms with van der Waals surface area (Å²) in [4.78, 5) is 4.33. The van der Waals surface area contributed by atoms with Gasteiger partial charge >= 0.3 is 0 Å². The van der Waals surface area contributed by atoms with Crippen LogP contribution in [0.15, 0.2) is 12.5 Å². The maximum absolute atomic E-state index is 4.33. The Labute approximate surface area is 111 Å². The van der Waals surface area contributed by atoms with Crippen LogP contribution >= 0.6 is 0 Å². The average molecular weight is 249 g/mol. The van der Waals surface area contributed by atoms with Gasteiger partial charge in [0.1, 0.15) is 0 Å². The van der Waals surface area contributed by atoms with E-state index in [4.69, 9.17) is 0 Å². The van der Waals surface area contributed by atoms with Crippen LogP contribution in [0, 0.1) is 5.92 Å². The van der Waals surface area contributed by atoms with E-state index in [2.05, 4.69) is 28.7 Å². The van der Waals surface area contributed by atoms with Crippen LogP contribution in [0.2, 0.25) is 0 Å². The number of piperidine rings is 1. The summed E-state index contributed by atoms with van der Waals surface area (Å²) in [6.45, 7) is 6.88. The van der Waals surface area contributed by atoms with Crippen LogP contribution in [0.5, 0.6) is 0 Å². The lowest BCUT2D eigenvalue weighted by atomic mass is 10.0. The second kappa shape index (κ2) is 6.93. The fourth-order valence-electron chi connectivity index (χ4n) is 2.75. The molecule has 102 valence electrons. The topological polar surface area (TPSA) is 29.9 Å². The van der Waals surface area contributed by atoms with Crippen LogP contribution in [0.1, 0.15) is 64.1 Å². The Hall–Kier alpha value is -0.830. The van der Waals surface area contributed by atoms with Gasteiger partial charge in [0, 0.05) is 18.8 Å². The molecule has 1 aliphatic heterocycles. The summed E-state index contributed by atoms with van der Waals surface area (Å²) in [5.41, 5.74) is 1.39. The largest absolute Gasteiger partial charge is 0.333 e. The highest BCUT2D eigenvalue weighted by atomic mass is 15.1. The van der Waals surface area contributed by atoms with Gasteiger partial charge in [0.25, 0.3) is 0 Å². The van der Waals surface area contributed by atoms with Crippen LogP contribution < -0.4 is 5.32 Å². The lowest BCUT2D eigenvalue weighted by Crippen LogP contribution is -2.28. The third kappa shape index (κ3) is 3.84. The van der Waals surface area contributed by atoms with Crippen molar-refractivity contribution in [1.29, 1.82) is 0 Å². The van der Waals surface area contributed by atoms with E-state index in [-0.39, 0.29) is 0 Å². The highest BCUT2D eigenvalue weighted by molar-refractivity contribution is 5.06. The van der Waals surface area contributed by atoms with Crippen molar-refractivity contribution < 1.29 is 0 Å². The van der Waals surface area contributed by atoms with Crippen LogP contribution in [-0.4, -0.2) is 16.1 Å². The summed E-state index contributed by atoms with van der Waals surface area (Å²) in [7, 11) is 0. The number of aryl methyl sites for hydroxylation is 1. The molecule has 1 atom stereocenters. The van der Waals surface area contributed by atoms with E-state index < -0.39 is 0 Å². The molecule has 3 heteroatoms. The second-order valence-electron chi connectivity index (χ2n) is 5.90. The first-order valence-corrected chi connectivity index (χ1v) is 7.51. The molecule has 0 aromatic carbocycles. The van der Waals surface area contributed by atoms with E-state index >= 15 is 0 Å². The lowest BCUT2D eigenvalue weighted by molar-refractivity contribution is 0.389. The van der Waals surface area contributed by atoms with Gasteiger partial charge in [-0.2, -0.15) is 0 Å². The number of rotatable bonds is 6. The summed E-state index contributed by atoms with van der Waals surface area (Å²) in [6.07, 6.45) is 11.9. The molecule has 1 aromatic rings. The van der Waals surface area contributed by atoms with Crippen molar-refractivity contribution in [1.82, 2.24) is 14.9 Å². The number of nitrogens with zero attached hydrogens (tertiary/aromatic N) is 2. The van der Waals surface area contributed by atoms with Crippen LogP contribution in [0.25, 0.3) is 0 Å². The Balaban J connectivity index is 1.83. The molecule has 0 aliphatic carbocycles. The number of imidazole rings is 1. The zero-order valence-electron chi connectivity index (χ0n) is 11.9. The third-order valence-corrected chi connectivity index (χ3v) is 3.84. The van der Waals surface area contributed by atoms with Crippen LogP contribution in [0.3, 0.4) is 0 Å². The predicted molar refractivity (Wildman–Crippen MR) is 75.5 cm³/mol. The molecule has 0 saturated carbocycles. The van der Waals surface area contributed by atoms with Crippen molar-refractivity contribution >= 4 is 0 Å². The summed E-state index contributed by atoms with van der Waals surface area (Å²) in [5.74, 6) is 0.826. The van der Waals surface area contributed by atoms with Gasteiger partial charge in [0.2, 0.25) is 0 Å².